The summed E-state index contributed by atoms with van der Waals surface area (Å²) in [7, 11) is 0. The zero-order chi connectivity index (χ0) is 15.0. The van der Waals surface area contributed by atoms with Crippen molar-refractivity contribution in [3.63, 3.8) is 0 Å². The number of hydrogen-bond acceptors (Lipinski definition) is 2. The number of aliphatic imine (C=N–C) groups is 1. The van der Waals surface area contributed by atoms with Crippen LogP contribution in [-0.2, 0) is 13.0 Å². The summed E-state index contributed by atoms with van der Waals surface area (Å²) < 4.78 is 39.4. The SMILES string of the molecule is CC1=NCc2nc(Cc3cccc(C(F)F)c3F)ccc21. The van der Waals surface area contributed by atoms with E-state index in [4.69, 9.17) is 0 Å². The number of alkyl halides is 2. The van der Waals surface area contributed by atoms with Crippen LogP contribution in [0, 0.1) is 5.82 Å². The highest BCUT2D eigenvalue weighted by molar-refractivity contribution is 6.01. The number of hydrogen-bond donors (Lipinski definition) is 0. The molecule has 108 valence electrons. The molecular formula is C16H13F3N2. The molecule has 2 nitrogen and oxygen atoms in total. The molecule has 0 fully saturated rings. The Morgan fingerprint density at radius 2 is 2.00 bits per heavy atom. The molecule has 1 aliphatic heterocycles. The lowest BCUT2D eigenvalue weighted by Gasteiger charge is -2.08. The highest BCUT2D eigenvalue weighted by atomic mass is 19.3. The van der Waals surface area contributed by atoms with Gasteiger partial charge in [0.25, 0.3) is 6.43 Å². The Labute approximate surface area is 120 Å². The van der Waals surface area contributed by atoms with Gasteiger partial charge in [-0.2, -0.15) is 0 Å². The topological polar surface area (TPSA) is 25.2 Å². The Morgan fingerprint density at radius 1 is 1.19 bits per heavy atom. The molecule has 1 aliphatic rings. The van der Waals surface area contributed by atoms with Crippen molar-refractivity contribution < 1.29 is 13.2 Å². The van der Waals surface area contributed by atoms with E-state index >= 15 is 0 Å². The van der Waals surface area contributed by atoms with Crippen LogP contribution in [0.2, 0.25) is 0 Å². The van der Waals surface area contributed by atoms with E-state index < -0.39 is 17.8 Å². The van der Waals surface area contributed by atoms with Crippen molar-refractivity contribution in [2.45, 2.75) is 26.3 Å². The van der Waals surface area contributed by atoms with Gasteiger partial charge in [0.05, 0.1) is 17.8 Å². The first-order chi connectivity index (χ1) is 10.1. The first kappa shape index (κ1) is 13.8. The summed E-state index contributed by atoms with van der Waals surface area (Å²) in [5.41, 5.74) is 3.12. The fourth-order valence-electron chi connectivity index (χ4n) is 2.47. The summed E-state index contributed by atoms with van der Waals surface area (Å²) in [5, 5.41) is 0. The van der Waals surface area contributed by atoms with Gasteiger partial charge >= 0.3 is 0 Å². The number of pyridine rings is 1. The molecule has 0 amide bonds. The van der Waals surface area contributed by atoms with Crippen molar-refractivity contribution in [2.75, 3.05) is 0 Å². The van der Waals surface area contributed by atoms with Crippen LogP contribution >= 0.6 is 0 Å². The molecule has 0 aliphatic carbocycles. The van der Waals surface area contributed by atoms with E-state index in [1.165, 1.54) is 12.1 Å². The predicted octanol–water partition coefficient (Wildman–Crippen LogP) is 4.07. The van der Waals surface area contributed by atoms with E-state index in [0.29, 0.717) is 12.2 Å². The van der Waals surface area contributed by atoms with E-state index in [1.54, 1.807) is 6.07 Å². The highest BCUT2D eigenvalue weighted by Crippen LogP contribution is 2.25. The smallest absolute Gasteiger partial charge is 0.266 e. The zero-order valence-electron chi connectivity index (χ0n) is 11.4. The minimum atomic E-state index is -2.81. The third kappa shape index (κ3) is 2.55. The Hall–Kier alpha value is -2.17. The van der Waals surface area contributed by atoms with E-state index in [2.05, 4.69) is 9.98 Å². The number of halogens is 3. The van der Waals surface area contributed by atoms with E-state index in [1.807, 2.05) is 13.0 Å². The van der Waals surface area contributed by atoms with Crippen molar-refractivity contribution >= 4 is 5.71 Å². The Morgan fingerprint density at radius 3 is 2.76 bits per heavy atom. The average Bonchev–Trinajstić information content (AvgIpc) is 2.82. The molecule has 0 atom stereocenters. The minimum absolute atomic E-state index is 0.193. The number of benzene rings is 1. The number of rotatable bonds is 3. The molecule has 5 heteroatoms. The van der Waals surface area contributed by atoms with Gasteiger partial charge < -0.3 is 0 Å². The zero-order valence-corrected chi connectivity index (χ0v) is 11.4. The Balaban J connectivity index is 1.90. The molecule has 1 aromatic carbocycles. The molecule has 21 heavy (non-hydrogen) atoms. The first-order valence-corrected chi connectivity index (χ1v) is 6.62. The van der Waals surface area contributed by atoms with Crippen LogP contribution in [0.25, 0.3) is 0 Å². The number of aromatic nitrogens is 1. The second kappa shape index (κ2) is 5.31. The Bertz CT molecular complexity index is 723. The van der Waals surface area contributed by atoms with Gasteiger partial charge in [-0.25, -0.2) is 13.2 Å². The van der Waals surface area contributed by atoms with Gasteiger partial charge in [0.1, 0.15) is 5.82 Å². The Kier molecular flexibility index (Phi) is 3.49. The molecular weight excluding hydrogens is 277 g/mol. The third-order valence-electron chi connectivity index (χ3n) is 3.60. The van der Waals surface area contributed by atoms with Gasteiger partial charge in [-0.3, -0.25) is 9.98 Å². The van der Waals surface area contributed by atoms with Crippen LogP contribution in [0.1, 0.15) is 41.4 Å². The molecule has 2 heterocycles. The first-order valence-electron chi connectivity index (χ1n) is 6.62. The molecule has 0 bridgehead atoms. The summed E-state index contributed by atoms with van der Waals surface area (Å²) in [6.45, 7) is 2.44. The van der Waals surface area contributed by atoms with Crippen LogP contribution < -0.4 is 0 Å². The van der Waals surface area contributed by atoms with E-state index in [0.717, 1.165) is 23.0 Å². The van der Waals surface area contributed by atoms with Crippen LogP contribution in [0.15, 0.2) is 35.3 Å². The summed E-state index contributed by atoms with van der Waals surface area (Å²) in [6.07, 6.45) is -2.62. The van der Waals surface area contributed by atoms with Gasteiger partial charge in [0.15, 0.2) is 0 Å². The largest absolute Gasteiger partial charge is 0.283 e. The quantitative estimate of drug-likeness (QED) is 0.836. The molecule has 1 aromatic heterocycles. The lowest BCUT2D eigenvalue weighted by molar-refractivity contribution is 0.146. The number of nitrogens with zero attached hydrogens (tertiary/aromatic N) is 2. The van der Waals surface area contributed by atoms with E-state index in [-0.39, 0.29) is 12.0 Å². The van der Waals surface area contributed by atoms with Gasteiger partial charge in [-0.05, 0) is 24.6 Å². The fraction of sp³-hybridized carbons (Fsp3) is 0.250. The monoisotopic (exact) mass is 290 g/mol. The molecule has 0 saturated heterocycles. The van der Waals surface area contributed by atoms with Crippen LogP contribution in [-0.4, -0.2) is 10.7 Å². The van der Waals surface area contributed by atoms with Crippen molar-refractivity contribution in [1.29, 1.82) is 0 Å². The van der Waals surface area contributed by atoms with Gasteiger partial charge in [0.2, 0.25) is 0 Å². The molecule has 2 aromatic rings. The molecule has 3 rings (SSSR count). The third-order valence-corrected chi connectivity index (χ3v) is 3.60. The van der Waals surface area contributed by atoms with Gasteiger partial charge in [-0.15, -0.1) is 0 Å². The molecule has 0 unspecified atom stereocenters. The summed E-state index contributed by atoms with van der Waals surface area (Å²) in [6, 6.07) is 7.76. The second-order valence-electron chi connectivity index (χ2n) is 5.00. The minimum Gasteiger partial charge on any atom is -0.283 e. The average molecular weight is 290 g/mol. The maximum Gasteiger partial charge on any atom is 0.266 e. The van der Waals surface area contributed by atoms with Gasteiger partial charge in [-0.1, -0.05) is 18.2 Å². The predicted molar refractivity (Wildman–Crippen MR) is 74.3 cm³/mol. The second-order valence-corrected chi connectivity index (χ2v) is 5.00. The maximum absolute atomic E-state index is 14.0. The normalized spacial score (nSPS) is 13.5. The van der Waals surface area contributed by atoms with Crippen molar-refractivity contribution in [1.82, 2.24) is 4.98 Å². The summed E-state index contributed by atoms with van der Waals surface area (Å²) in [4.78, 5) is 8.73. The maximum atomic E-state index is 14.0. The van der Waals surface area contributed by atoms with Crippen molar-refractivity contribution in [3.8, 4) is 0 Å². The standard InChI is InChI=1S/C16H13F3N2/c1-9-12-6-5-11(21-14(12)8-20-9)7-10-3-2-4-13(15(10)17)16(18)19/h2-6,16H,7-8H2,1H3. The van der Waals surface area contributed by atoms with Crippen LogP contribution in [0.4, 0.5) is 13.2 Å². The summed E-state index contributed by atoms with van der Waals surface area (Å²) >= 11 is 0. The van der Waals surface area contributed by atoms with Crippen molar-refractivity contribution in [2.24, 2.45) is 4.99 Å². The summed E-state index contributed by atoms with van der Waals surface area (Å²) in [5.74, 6) is -0.845. The fourth-order valence-corrected chi connectivity index (χ4v) is 2.47. The number of fused-ring (bicyclic) bond motifs is 1. The highest BCUT2D eigenvalue weighted by Gasteiger charge is 2.18. The molecule has 0 saturated carbocycles. The van der Waals surface area contributed by atoms with Gasteiger partial charge in [0, 0.05) is 23.4 Å². The molecule has 0 N–H and O–H groups in total. The molecule has 0 spiro atoms. The molecule has 0 radical (unpaired) electrons. The van der Waals surface area contributed by atoms with Crippen LogP contribution in [0.5, 0.6) is 0 Å². The van der Waals surface area contributed by atoms with E-state index in [9.17, 15) is 13.2 Å². The van der Waals surface area contributed by atoms with Crippen LogP contribution in [0.3, 0.4) is 0 Å². The van der Waals surface area contributed by atoms with Crippen molar-refractivity contribution in [3.05, 3.63) is 64.2 Å². The lowest BCUT2D eigenvalue weighted by atomic mass is 10.0. The lowest BCUT2D eigenvalue weighted by Crippen LogP contribution is -2.02.